The number of urea groups is 1. The van der Waals surface area contributed by atoms with Crippen molar-refractivity contribution < 1.29 is 14.4 Å². The minimum atomic E-state index is -0.678. The Kier molecular flexibility index (Phi) is 7.12. The molecule has 1 saturated heterocycles. The minimum Gasteiger partial charge on any atom is -0.352 e. The number of amides is 4. The highest BCUT2D eigenvalue weighted by Gasteiger charge is 2.37. The molecule has 0 bridgehead atoms. The number of rotatable bonds is 8. The van der Waals surface area contributed by atoms with Gasteiger partial charge >= 0.3 is 6.03 Å². The van der Waals surface area contributed by atoms with Gasteiger partial charge in [0.15, 0.2) is 0 Å². The van der Waals surface area contributed by atoms with Gasteiger partial charge in [0.2, 0.25) is 5.91 Å². The van der Waals surface area contributed by atoms with Crippen molar-refractivity contribution in [3.05, 3.63) is 69.7 Å². The zero-order valence-electron chi connectivity index (χ0n) is 15.7. The molecule has 0 saturated carbocycles. The topological polar surface area (TPSA) is 78.5 Å². The van der Waals surface area contributed by atoms with Crippen LogP contribution in [-0.4, -0.2) is 35.3 Å². The number of hydrogen-bond donors (Lipinski definition) is 2. The number of nitrogens with zero attached hydrogens (tertiary/aromatic N) is 1. The molecule has 0 unspecified atom stereocenters. The van der Waals surface area contributed by atoms with E-state index in [1.807, 2.05) is 30.3 Å². The van der Waals surface area contributed by atoms with Crippen molar-refractivity contribution >= 4 is 41.0 Å². The van der Waals surface area contributed by atoms with Crippen LogP contribution >= 0.6 is 23.2 Å². The first-order valence-corrected chi connectivity index (χ1v) is 10.1. The fourth-order valence-corrected chi connectivity index (χ4v) is 3.57. The average molecular weight is 434 g/mol. The van der Waals surface area contributed by atoms with E-state index >= 15 is 0 Å². The van der Waals surface area contributed by atoms with Crippen molar-refractivity contribution in [2.45, 2.75) is 31.8 Å². The molecule has 0 aliphatic carbocycles. The molecule has 3 rings (SSSR count). The highest BCUT2D eigenvalue weighted by atomic mass is 35.5. The number of nitrogens with one attached hydrogen (secondary N) is 2. The largest absolute Gasteiger partial charge is 0.352 e. The summed E-state index contributed by atoms with van der Waals surface area (Å²) >= 11 is 11.9. The number of carbonyl (C=O) groups is 3. The highest BCUT2D eigenvalue weighted by Crippen LogP contribution is 2.21. The lowest BCUT2D eigenvalue weighted by molar-refractivity contribution is -0.127. The van der Waals surface area contributed by atoms with Crippen LogP contribution in [0.3, 0.4) is 0 Å². The third-order valence-corrected chi connectivity index (χ3v) is 5.31. The van der Waals surface area contributed by atoms with Gasteiger partial charge in [0.1, 0.15) is 6.04 Å². The van der Waals surface area contributed by atoms with Gasteiger partial charge in [0.05, 0.1) is 0 Å². The number of hydrogen-bond acceptors (Lipinski definition) is 3. The van der Waals surface area contributed by atoms with E-state index in [-0.39, 0.29) is 31.2 Å². The van der Waals surface area contributed by atoms with Crippen LogP contribution in [0.25, 0.3) is 0 Å². The molecule has 6 nitrogen and oxygen atoms in total. The summed E-state index contributed by atoms with van der Waals surface area (Å²) < 4.78 is 0. The quantitative estimate of drug-likeness (QED) is 0.624. The second-order valence-corrected chi connectivity index (χ2v) is 7.62. The molecular weight excluding hydrogens is 413 g/mol. The number of carbonyl (C=O) groups excluding carboxylic acids is 3. The molecule has 1 heterocycles. The van der Waals surface area contributed by atoms with Crippen molar-refractivity contribution in [2.24, 2.45) is 0 Å². The number of benzene rings is 2. The zero-order chi connectivity index (χ0) is 20.8. The summed E-state index contributed by atoms with van der Waals surface area (Å²) in [5, 5.41) is 6.42. The Hall–Kier alpha value is -2.57. The van der Waals surface area contributed by atoms with E-state index in [0.29, 0.717) is 23.0 Å². The van der Waals surface area contributed by atoms with Crippen molar-refractivity contribution in [2.75, 3.05) is 6.54 Å². The average Bonchev–Trinajstić information content (AvgIpc) is 2.98. The Bertz CT molecular complexity index is 905. The van der Waals surface area contributed by atoms with Gasteiger partial charge in [-0.1, -0.05) is 59.6 Å². The lowest BCUT2D eigenvalue weighted by Crippen LogP contribution is -2.34. The van der Waals surface area contributed by atoms with Crippen LogP contribution < -0.4 is 10.6 Å². The maximum atomic E-state index is 12.5. The van der Waals surface area contributed by atoms with Crippen molar-refractivity contribution in [1.82, 2.24) is 15.5 Å². The summed E-state index contributed by atoms with van der Waals surface area (Å²) in [6, 6.07) is 13.6. The zero-order valence-corrected chi connectivity index (χ0v) is 17.2. The van der Waals surface area contributed by atoms with Crippen LogP contribution in [-0.2, 0) is 22.6 Å². The molecule has 1 aliphatic rings. The lowest BCUT2D eigenvalue weighted by Gasteiger charge is -2.13. The van der Waals surface area contributed by atoms with E-state index in [2.05, 4.69) is 10.6 Å². The van der Waals surface area contributed by atoms with Crippen LogP contribution in [0.4, 0.5) is 4.79 Å². The molecule has 8 heteroatoms. The molecule has 0 spiro atoms. The van der Waals surface area contributed by atoms with E-state index < -0.39 is 12.1 Å². The summed E-state index contributed by atoms with van der Waals surface area (Å²) in [4.78, 5) is 37.9. The normalized spacial score (nSPS) is 16.1. The lowest BCUT2D eigenvalue weighted by atomic mass is 10.1. The predicted octanol–water partition coefficient (Wildman–Crippen LogP) is 3.55. The summed E-state index contributed by atoms with van der Waals surface area (Å²) in [5.41, 5.74) is 1.80. The number of imide groups is 1. The summed E-state index contributed by atoms with van der Waals surface area (Å²) in [7, 11) is 0. The van der Waals surface area contributed by atoms with Crippen molar-refractivity contribution in [3.8, 4) is 0 Å². The maximum Gasteiger partial charge on any atom is 0.324 e. The van der Waals surface area contributed by atoms with Gasteiger partial charge in [0, 0.05) is 29.6 Å². The van der Waals surface area contributed by atoms with Crippen LogP contribution in [0.15, 0.2) is 48.5 Å². The van der Waals surface area contributed by atoms with E-state index in [4.69, 9.17) is 23.2 Å². The highest BCUT2D eigenvalue weighted by molar-refractivity contribution is 6.35. The Morgan fingerprint density at radius 1 is 1.10 bits per heavy atom. The van der Waals surface area contributed by atoms with E-state index in [0.717, 1.165) is 11.1 Å². The molecule has 2 aromatic rings. The second-order valence-electron chi connectivity index (χ2n) is 6.78. The third kappa shape index (κ3) is 5.71. The molecular formula is C21H21Cl2N3O3. The fourth-order valence-electron chi connectivity index (χ4n) is 3.09. The monoisotopic (exact) mass is 433 g/mol. The molecule has 0 aromatic heterocycles. The van der Waals surface area contributed by atoms with E-state index in [9.17, 15) is 14.4 Å². The summed E-state index contributed by atoms with van der Waals surface area (Å²) in [6.07, 6.45) is 0.954. The smallest absolute Gasteiger partial charge is 0.324 e. The Balaban J connectivity index is 1.44. The van der Waals surface area contributed by atoms with Gasteiger partial charge < -0.3 is 10.6 Å². The van der Waals surface area contributed by atoms with Gasteiger partial charge in [-0.2, -0.15) is 0 Å². The maximum absolute atomic E-state index is 12.5. The van der Waals surface area contributed by atoms with Gasteiger partial charge in [-0.05, 0) is 36.1 Å². The third-order valence-electron chi connectivity index (χ3n) is 4.73. The SMILES string of the molecule is O=C(CC[C@H]1NC(=O)N(CCc2ccccc2)C1=O)NCc1ccc(Cl)cc1Cl. The Morgan fingerprint density at radius 3 is 2.59 bits per heavy atom. The minimum absolute atomic E-state index is 0.119. The Labute approximate surface area is 179 Å². The van der Waals surface area contributed by atoms with Crippen molar-refractivity contribution in [1.29, 1.82) is 0 Å². The van der Waals surface area contributed by atoms with Gasteiger partial charge in [-0.3, -0.25) is 14.5 Å². The van der Waals surface area contributed by atoms with Gasteiger partial charge in [-0.15, -0.1) is 0 Å². The molecule has 4 amide bonds. The molecule has 1 fully saturated rings. The fraction of sp³-hybridized carbons (Fsp3) is 0.286. The first kappa shape index (κ1) is 21.1. The van der Waals surface area contributed by atoms with Gasteiger partial charge in [0.25, 0.3) is 5.91 Å². The molecule has 2 aromatic carbocycles. The van der Waals surface area contributed by atoms with Crippen molar-refractivity contribution in [3.63, 3.8) is 0 Å². The Morgan fingerprint density at radius 2 is 1.86 bits per heavy atom. The second kappa shape index (κ2) is 9.76. The van der Waals surface area contributed by atoms with Gasteiger partial charge in [-0.25, -0.2) is 4.79 Å². The number of halogens is 2. The molecule has 1 atom stereocenters. The molecule has 152 valence electrons. The molecule has 0 radical (unpaired) electrons. The van der Waals surface area contributed by atoms with E-state index in [1.165, 1.54) is 4.90 Å². The molecule has 29 heavy (non-hydrogen) atoms. The van der Waals surface area contributed by atoms with Crippen LogP contribution in [0.1, 0.15) is 24.0 Å². The standard InChI is InChI=1S/C21H21Cl2N3O3/c22-16-7-6-15(17(23)12-16)13-24-19(27)9-8-18-20(28)26(21(29)25-18)11-10-14-4-2-1-3-5-14/h1-7,12,18H,8-11,13H2,(H,24,27)(H,25,29)/t18-/m1/s1. The molecule has 2 N–H and O–H groups in total. The van der Waals surface area contributed by atoms with Crippen LogP contribution in [0.2, 0.25) is 10.0 Å². The van der Waals surface area contributed by atoms with E-state index in [1.54, 1.807) is 18.2 Å². The predicted molar refractivity (Wildman–Crippen MR) is 112 cm³/mol. The first-order chi connectivity index (χ1) is 13.9. The summed E-state index contributed by atoms with van der Waals surface area (Å²) in [6.45, 7) is 0.579. The summed E-state index contributed by atoms with van der Waals surface area (Å²) in [5.74, 6) is -0.514. The first-order valence-electron chi connectivity index (χ1n) is 9.30. The van der Waals surface area contributed by atoms with Crippen LogP contribution in [0.5, 0.6) is 0 Å². The molecule has 1 aliphatic heterocycles. The van der Waals surface area contributed by atoms with Crippen LogP contribution in [0, 0.1) is 0 Å².